The van der Waals surface area contributed by atoms with Crippen molar-refractivity contribution in [3.8, 4) is 0 Å². The molecule has 0 saturated carbocycles. The molecule has 0 unspecified atom stereocenters. The van der Waals surface area contributed by atoms with Crippen LogP contribution in [0.25, 0.3) is 11.2 Å². The first-order chi connectivity index (χ1) is 14.8. The SMILES string of the molecule is CCn1c(=O)n(CC2CCN(C(=O)c3ccnc(C(F)(F)F)c3)CC2)c2ncccc21. The summed E-state index contributed by atoms with van der Waals surface area (Å²) in [6.45, 7) is 3.79. The molecule has 0 bridgehead atoms. The number of aromatic nitrogens is 4. The minimum Gasteiger partial charge on any atom is -0.339 e. The van der Waals surface area contributed by atoms with E-state index in [1.807, 2.05) is 13.0 Å². The Hall–Kier alpha value is -3.17. The first-order valence-corrected chi connectivity index (χ1v) is 10.2. The molecule has 0 N–H and O–H groups in total. The summed E-state index contributed by atoms with van der Waals surface area (Å²) in [4.78, 5) is 34.7. The molecule has 1 saturated heterocycles. The Bertz CT molecular complexity index is 1160. The number of fused-ring (bicyclic) bond motifs is 1. The molecule has 1 fully saturated rings. The molecule has 0 aliphatic carbocycles. The van der Waals surface area contributed by atoms with Gasteiger partial charge in [-0.1, -0.05) is 0 Å². The first kappa shape index (κ1) is 21.1. The van der Waals surface area contributed by atoms with Gasteiger partial charge in [-0.15, -0.1) is 0 Å². The number of carbonyl (C=O) groups is 1. The van der Waals surface area contributed by atoms with Crippen LogP contribution >= 0.6 is 0 Å². The van der Waals surface area contributed by atoms with Crippen LogP contribution in [0.1, 0.15) is 35.8 Å². The second-order valence-electron chi connectivity index (χ2n) is 7.65. The summed E-state index contributed by atoms with van der Waals surface area (Å²) in [5, 5.41) is 0. The summed E-state index contributed by atoms with van der Waals surface area (Å²) in [5.74, 6) is -0.268. The fraction of sp³-hybridized carbons (Fsp3) is 0.429. The largest absolute Gasteiger partial charge is 0.433 e. The van der Waals surface area contributed by atoms with Gasteiger partial charge in [0.15, 0.2) is 5.65 Å². The van der Waals surface area contributed by atoms with E-state index in [9.17, 15) is 22.8 Å². The number of hydrogen-bond acceptors (Lipinski definition) is 4. The summed E-state index contributed by atoms with van der Waals surface area (Å²) >= 11 is 0. The van der Waals surface area contributed by atoms with Gasteiger partial charge in [-0.05, 0) is 49.9 Å². The number of aryl methyl sites for hydroxylation is 1. The maximum atomic E-state index is 12.9. The van der Waals surface area contributed by atoms with E-state index in [2.05, 4.69) is 9.97 Å². The molecule has 31 heavy (non-hydrogen) atoms. The van der Waals surface area contributed by atoms with Crippen LogP contribution in [0.4, 0.5) is 13.2 Å². The standard InChI is InChI=1S/C21H22F3N5O2/c1-2-28-16-4-3-8-26-18(16)29(20(28)31)13-14-6-10-27(11-7-14)19(30)15-5-9-25-17(12-15)21(22,23)24/h3-5,8-9,12,14H,2,6-7,10-11,13H2,1H3. The second kappa shape index (κ2) is 8.16. The van der Waals surface area contributed by atoms with Crippen LogP contribution in [-0.2, 0) is 19.3 Å². The van der Waals surface area contributed by atoms with E-state index in [-0.39, 0.29) is 17.2 Å². The molecule has 0 atom stereocenters. The Kier molecular flexibility index (Phi) is 5.55. The Morgan fingerprint density at radius 1 is 1.13 bits per heavy atom. The van der Waals surface area contributed by atoms with Crippen LogP contribution in [0.5, 0.6) is 0 Å². The lowest BCUT2D eigenvalue weighted by molar-refractivity contribution is -0.141. The minimum absolute atomic E-state index is 0.0211. The molecule has 3 aromatic heterocycles. The van der Waals surface area contributed by atoms with Crippen molar-refractivity contribution >= 4 is 17.1 Å². The van der Waals surface area contributed by atoms with Crippen LogP contribution in [0.2, 0.25) is 0 Å². The number of halogens is 3. The van der Waals surface area contributed by atoms with Crippen molar-refractivity contribution in [2.75, 3.05) is 13.1 Å². The highest BCUT2D eigenvalue weighted by Gasteiger charge is 2.33. The molecule has 4 rings (SSSR count). The summed E-state index contributed by atoms with van der Waals surface area (Å²) in [6, 6.07) is 5.76. The minimum atomic E-state index is -4.59. The molecule has 10 heteroatoms. The number of nitrogens with zero attached hydrogens (tertiary/aromatic N) is 5. The average molecular weight is 433 g/mol. The molecular formula is C21H22F3N5O2. The number of hydrogen-bond donors (Lipinski definition) is 0. The van der Waals surface area contributed by atoms with E-state index < -0.39 is 17.8 Å². The van der Waals surface area contributed by atoms with Crippen molar-refractivity contribution in [3.63, 3.8) is 0 Å². The van der Waals surface area contributed by atoms with Crippen molar-refractivity contribution in [1.29, 1.82) is 0 Å². The highest BCUT2D eigenvalue weighted by Crippen LogP contribution is 2.28. The van der Waals surface area contributed by atoms with E-state index in [1.165, 1.54) is 6.07 Å². The lowest BCUT2D eigenvalue weighted by atomic mass is 9.96. The number of piperidine rings is 1. The Balaban J connectivity index is 1.45. The topological polar surface area (TPSA) is 73.0 Å². The molecule has 1 aliphatic heterocycles. The Morgan fingerprint density at radius 3 is 2.55 bits per heavy atom. The van der Waals surface area contributed by atoms with Crippen LogP contribution in [-0.4, -0.2) is 43.0 Å². The smallest absolute Gasteiger partial charge is 0.339 e. The fourth-order valence-electron chi connectivity index (χ4n) is 4.09. The highest BCUT2D eigenvalue weighted by molar-refractivity contribution is 5.94. The van der Waals surface area contributed by atoms with Gasteiger partial charge in [-0.3, -0.25) is 18.9 Å². The molecule has 164 valence electrons. The highest BCUT2D eigenvalue weighted by atomic mass is 19.4. The third-order valence-electron chi connectivity index (χ3n) is 5.73. The summed E-state index contributed by atoms with van der Waals surface area (Å²) in [7, 11) is 0. The quantitative estimate of drug-likeness (QED) is 0.634. The molecule has 4 heterocycles. The zero-order chi connectivity index (χ0) is 22.2. The van der Waals surface area contributed by atoms with Crippen molar-refractivity contribution < 1.29 is 18.0 Å². The van der Waals surface area contributed by atoms with Gasteiger partial charge in [-0.2, -0.15) is 13.2 Å². The summed E-state index contributed by atoms with van der Waals surface area (Å²) < 4.78 is 42.0. The van der Waals surface area contributed by atoms with E-state index in [4.69, 9.17) is 0 Å². The second-order valence-corrected chi connectivity index (χ2v) is 7.65. The molecule has 1 aliphatic rings. The molecule has 7 nitrogen and oxygen atoms in total. The van der Waals surface area contributed by atoms with Gasteiger partial charge in [0, 0.05) is 44.1 Å². The van der Waals surface area contributed by atoms with Gasteiger partial charge in [-0.25, -0.2) is 9.78 Å². The number of imidazole rings is 1. The molecule has 1 amide bonds. The first-order valence-electron chi connectivity index (χ1n) is 10.2. The van der Waals surface area contributed by atoms with E-state index >= 15 is 0 Å². The maximum Gasteiger partial charge on any atom is 0.433 e. The summed E-state index contributed by atoms with van der Waals surface area (Å²) in [5.41, 5.74) is 0.232. The molecule has 0 aromatic carbocycles. The monoisotopic (exact) mass is 433 g/mol. The number of rotatable bonds is 4. The van der Waals surface area contributed by atoms with Gasteiger partial charge in [0.25, 0.3) is 5.91 Å². The third-order valence-corrected chi connectivity index (χ3v) is 5.73. The van der Waals surface area contributed by atoms with Crippen LogP contribution < -0.4 is 5.69 Å². The number of likely N-dealkylation sites (tertiary alicyclic amines) is 1. The number of pyridine rings is 2. The number of amides is 1. The Morgan fingerprint density at radius 2 is 1.87 bits per heavy atom. The molecule has 3 aromatic rings. The fourth-order valence-corrected chi connectivity index (χ4v) is 4.09. The predicted molar refractivity (Wildman–Crippen MR) is 108 cm³/mol. The normalized spacial score (nSPS) is 15.5. The van der Waals surface area contributed by atoms with Gasteiger partial charge in [0.2, 0.25) is 0 Å². The number of carbonyl (C=O) groups excluding carboxylic acids is 1. The van der Waals surface area contributed by atoms with Gasteiger partial charge < -0.3 is 4.90 Å². The van der Waals surface area contributed by atoms with Crippen molar-refractivity contribution in [3.05, 3.63) is 58.4 Å². The van der Waals surface area contributed by atoms with Crippen LogP contribution in [0.15, 0.2) is 41.5 Å². The van der Waals surface area contributed by atoms with E-state index in [0.717, 1.165) is 17.8 Å². The van der Waals surface area contributed by atoms with Gasteiger partial charge in [0.05, 0.1) is 5.52 Å². The molecular weight excluding hydrogens is 411 g/mol. The predicted octanol–water partition coefficient (Wildman–Crippen LogP) is 3.18. The van der Waals surface area contributed by atoms with Crippen LogP contribution in [0, 0.1) is 5.92 Å². The third kappa shape index (κ3) is 4.06. The van der Waals surface area contributed by atoms with Crippen molar-refractivity contribution in [1.82, 2.24) is 24.0 Å². The lowest BCUT2D eigenvalue weighted by Gasteiger charge is -2.32. The Labute approximate surface area is 176 Å². The van der Waals surface area contributed by atoms with Crippen molar-refractivity contribution in [2.45, 2.75) is 39.0 Å². The van der Waals surface area contributed by atoms with Gasteiger partial charge in [0.1, 0.15) is 5.69 Å². The van der Waals surface area contributed by atoms with E-state index in [1.54, 1.807) is 26.3 Å². The van der Waals surface area contributed by atoms with Crippen molar-refractivity contribution in [2.24, 2.45) is 5.92 Å². The zero-order valence-corrected chi connectivity index (χ0v) is 17.0. The molecule has 0 radical (unpaired) electrons. The lowest BCUT2D eigenvalue weighted by Crippen LogP contribution is -2.40. The zero-order valence-electron chi connectivity index (χ0n) is 17.0. The van der Waals surface area contributed by atoms with E-state index in [0.29, 0.717) is 44.7 Å². The summed E-state index contributed by atoms with van der Waals surface area (Å²) in [6.07, 6.45) is -0.626. The number of alkyl halides is 3. The molecule has 0 spiro atoms. The average Bonchev–Trinajstić information content (AvgIpc) is 3.04. The van der Waals surface area contributed by atoms with Gasteiger partial charge >= 0.3 is 11.9 Å². The maximum absolute atomic E-state index is 12.9. The van der Waals surface area contributed by atoms with Crippen LogP contribution in [0.3, 0.4) is 0 Å².